The third kappa shape index (κ3) is 4.29. The molecule has 1 aliphatic rings. The van der Waals surface area contributed by atoms with E-state index in [0.717, 1.165) is 17.0 Å². The highest BCUT2D eigenvalue weighted by Gasteiger charge is 2.50. The van der Waals surface area contributed by atoms with Gasteiger partial charge in [-0.05, 0) is 50.2 Å². The van der Waals surface area contributed by atoms with Crippen molar-refractivity contribution in [3.05, 3.63) is 64.4 Å². The van der Waals surface area contributed by atoms with Gasteiger partial charge in [-0.2, -0.15) is 0 Å². The van der Waals surface area contributed by atoms with E-state index in [4.69, 9.17) is 16.3 Å². The Morgan fingerprint density at radius 3 is 2.53 bits per heavy atom. The number of hydrogen-bond acceptors (Lipinski definition) is 5. The summed E-state index contributed by atoms with van der Waals surface area (Å²) < 4.78 is 18.8. The van der Waals surface area contributed by atoms with Gasteiger partial charge < -0.3 is 15.2 Å². The number of urea groups is 1. The van der Waals surface area contributed by atoms with E-state index in [0.29, 0.717) is 11.3 Å². The molecule has 3 amide bonds. The van der Waals surface area contributed by atoms with Crippen molar-refractivity contribution < 1.29 is 28.6 Å². The van der Waals surface area contributed by atoms with E-state index in [1.165, 1.54) is 19.9 Å². The van der Waals surface area contributed by atoms with Crippen LogP contribution in [0.15, 0.2) is 42.5 Å². The Bertz CT molecular complexity index is 997. The minimum absolute atomic E-state index is 0.00545. The highest BCUT2D eigenvalue weighted by molar-refractivity contribution is 6.32. The first-order valence-electron chi connectivity index (χ1n) is 9.13. The number of aliphatic hydroxyl groups excluding tert-OH is 1. The van der Waals surface area contributed by atoms with Crippen molar-refractivity contribution in [2.45, 2.75) is 25.5 Å². The molecule has 0 saturated carbocycles. The summed E-state index contributed by atoms with van der Waals surface area (Å²) in [4.78, 5) is 37.4. The van der Waals surface area contributed by atoms with Gasteiger partial charge in [0.15, 0.2) is 5.78 Å². The monoisotopic (exact) mass is 434 g/mol. The van der Waals surface area contributed by atoms with E-state index in [1.807, 2.05) is 0 Å². The second-order valence-electron chi connectivity index (χ2n) is 7.14. The molecular formula is C21H20ClFN2O5. The maximum Gasteiger partial charge on any atom is 0.325 e. The zero-order chi connectivity index (χ0) is 22.1. The summed E-state index contributed by atoms with van der Waals surface area (Å²) in [6.45, 7) is 2.44. The largest absolute Gasteiger partial charge is 0.491 e. The zero-order valence-corrected chi connectivity index (χ0v) is 17.1. The number of carbonyl (C=O) groups excluding carboxylic acids is 3. The van der Waals surface area contributed by atoms with Crippen LogP contribution in [-0.4, -0.2) is 47.0 Å². The molecule has 1 fully saturated rings. The number of carbonyl (C=O) groups is 3. The second kappa shape index (κ2) is 8.41. The van der Waals surface area contributed by atoms with Crippen molar-refractivity contribution in [1.29, 1.82) is 0 Å². The molecule has 0 aliphatic carbocycles. The van der Waals surface area contributed by atoms with Gasteiger partial charge in [0, 0.05) is 16.1 Å². The summed E-state index contributed by atoms with van der Waals surface area (Å²) in [6.07, 6.45) is -1.15. The summed E-state index contributed by atoms with van der Waals surface area (Å²) in [7, 11) is 0. The number of halogens is 2. The van der Waals surface area contributed by atoms with Crippen LogP contribution in [-0.2, 0) is 10.3 Å². The summed E-state index contributed by atoms with van der Waals surface area (Å²) in [6, 6.07) is 9.21. The van der Waals surface area contributed by atoms with Gasteiger partial charge in [-0.25, -0.2) is 9.18 Å². The van der Waals surface area contributed by atoms with Crippen molar-refractivity contribution in [3.8, 4) is 5.75 Å². The number of β-amino-alcohol motifs (C(OH)–C–C–N with tert-alkyl or cyclic N) is 1. The van der Waals surface area contributed by atoms with E-state index in [-0.39, 0.29) is 29.5 Å². The van der Waals surface area contributed by atoms with Gasteiger partial charge >= 0.3 is 6.03 Å². The number of nitrogens with one attached hydrogen (secondary N) is 1. The van der Waals surface area contributed by atoms with E-state index in [2.05, 4.69) is 5.32 Å². The van der Waals surface area contributed by atoms with Gasteiger partial charge in [0.2, 0.25) is 0 Å². The number of ketones is 1. The molecule has 1 saturated heterocycles. The Labute approximate surface area is 177 Å². The average Bonchev–Trinajstić information content (AvgIpc) is 2.90. The topological polar surface area (TPSA) is 95.9 Å². The molecule has 2 atom stereocenters. The quantitative estimate of drug-likeness (QED) is 0.516. The van der Waals surface area contributed by atoms with Crippen LogP contribution < -0.4 is 10.1 Å². The number of hydrogen-bond donors (Lipinski definition) is 2. The lowest BCUT2D eigenvalue weighted by Gasteiger charge is -2.24. The number of ether oxygens (including phenoxy) is 1. The lowest BCUT2D eigenvalue weighted by Crippen LogP contribution is -2.43. The predicted octanol–water partition coefficient (Wildman–Crippen LogP) is 2.89. The molecule has 1 aliphatic heterocycles. The molecule has 0 aromatic heterocycles. The minimum atomic E-state index is -1.48. The first kappa shape index (κ1) is 21.7. The lowest BCUT2D eigenvalue weighted by atomic mass is 9.92. The van der Waals surface area contributed by atoms with Gasteiger partial charge in [0.05, 0.1) is 6.54 Å². The highest BCUT2D eigenvalue weighted by Crippen LogP contribution is 2.34. The second-order valence-corrected chi connectivity index (χ2v) is 7.55. The van der Waals surface area contributed by atoms with Gasteiger partial charge in [-0.3, -0.25) is 14.5 Å². The molecule has 9 heteroatoms. The molecule has 2 N–H and O–H groups in total. The molecule has 2 aromatic rings. The van der Waals surface area contributed by atoms with Gasteiger partial charge in [-0.1, -0.05) is 17.7 Å². The maximum absolute atomic E-state index is 13.3. The van der Waals surface area contributed by atoms with Crippen molar-refractivity contribution in [1.82, 2.24) is 10.2 Å². The van der Waals surface area contributed by atoms with Crippen LogP contribution in [0.5, 0.6) is 5.75 Å². The molecule has 158 valence electrons. The fraction of sp³-hybridized carbons (Fsp3) is 0.286. The third-order valence-corrected chi connectivity index (χ3v) is 5.15. The smallest absolute Gasteiger partial charge is 0.325 e. The van der Waals surface area contributed by atoms with Crippen LogP contribution in [0.2, 0.25) is 5.02 Å². The SMILES string of the molecule is CC(=O)c1ccc(OCC(O)CN2C(=O)NC(C)(c3ccc(F)cc3Cl)C2=O)cc1. The van der Waals surface area contributed by atoms with E-state index in [1.54, 1.807) is 24.3 Å². The number of amides is 3. The average molecular weight is 435 g/mol. The molecule has 2 unspecified atom stereocenters. The van der Waals surface area contributed by atoms with Crippen LogP contribution in [0.1, 0.15) is 29.8 Å². The number of benzene rings is 2. The van der Waals surface area contributed by atoms with Crippen LogP contribution in [0.4, 0.5) is 9.18 Å². The van der Waals surface area contributed by atoms with Crippen LogP contribution in [0, 0.1) is 5.82 Å². The zero-order valence-electron chi connectivity index (χ0n) is 16.3. The van der Waals surface area contributed by atoms with E-state index < -0.39 is 29.4 Å². The van der Waals surface area contributed by atoms with Gasteiger partial charge in [-0.15, -0.1) is 0 Å². The van der Waals surface area contributed by atoms with Crippen LogP contribution in [0.25, 0.3) is 0 Å². The van der Waals surface area contributed by atoms with Crippen molar-refractivity contribution in [2.75, 3.05) is 13.2 Å². The lowest BCUT2D eigenvalue weighted by molar-refractivity contribution is -0.132. The fourth-order valence-corrected chi connectivity index (χ4v) is 3.54. The Morgan fingerprint density at radius 1 is 1.27 bits per heavy atom. The first-order chi connectivity index (χ1) is 14.1. The first-order valence-corrected chi connectivity index (χ1v) is 9.51. The molecule has 3 rings (SSSR count). The maximum atomic E-state index is 13.3. The molecular weight excluding hydrogens is 415 g/mol. The molecule has 0 radical (unpaired) electrons. The standard InChI is InChI=1S/C21H20ClFN2O5/c1-12(26)13-3-6-16(7-4-13)30-11-15(27)10-25-19(28)21(2,24-20(25)29)17-8-5-14(23)9-18(17)22/h3-9,15,27H,10-11H2,1-2H3,(H,24,29). The minimum Gasteiger partial charge on any atom is -0.491 e. The molecule has 7 nitrogen and oxygen atoms in total. The van der Waals surface area contributed by atoms with Crippen molar-refractivity contribution in [2.24, 2.45) is 0 Å². The number of rotatable bonds is 7. The Balaban J connectivity index is 1.65. The molecule has 30 heavy (non-hydrogen) atoms. The summed E-state index contributed by atoms with van der Waals surface area (Å²) in [5.41, 5.74) is -0.700. The predicted molar refractivity (Wildman–Crippen MR) is 107 cm³/mol. The fourth-order valence-electron chi connectivity index (χ4n) is 3.18. The van der Waals surface area contributed by atoms with Crippen molar-refractivity contribution in [3.63, 3.8) is 0 Å². The normalized spacial score (nSPS) is 19.6. The highest BCUT2D eigenvalue weighted by atomic mass is 35.5. The molecule has 0 spiro atoms. The van der Waals surface area contributed by atoms with E-state index >= 15 is 0 Å². The number of aliphatic hydroxyl groups is 1. The number of Topliss-reactive ketones (excluding diaryl/α,β-unsaturated/α-hetero) is 1. The molecule has 0 bridgehead atoms. The van der Waals surface area contributed by atoms with Crippen molar-refractivity contribution >= 4 is 29.3 Å². The van der Waals surface area contributed by atoms with Gasteiger partial charge in [0.25, 0.3) is 5.91 Å². The Kier molecular flexibility index (Phi) is 6.09. The Hall–Kier alpha value is -2.97. The molecule has 2 aromatic carbocycles. The third-order valence-electron chi connectivity index (χ3n) is 4.84. The van der Waals surface area contributed by atoms with Gasteiger partial charge in [0.1, 0.15) is 29.8 Å². The number of imide groups is 1. The Morgan fingerprint density at radius 2 is 1.93 bits per heavy atom. The summed E-state index contributed by atoms with van der Waals surface area (Å²) >= 11 is 6.06. The summed E-state index contributed by atoms with van der Waals surface area (Å²) in [5.74, 6) is -0.834. The summed E-state index contributed by atoms with van der Waals surface area (Å²) in [5, 5.41) is 12.8. The number of nitrogens with zero attached hydrogens (tertiary/aromatic N) is 1. The van der Waals surface area contributed by atoms with Crippen LogP contribution >= 0.6 is 11.6 Å². The van der Waals surface area contributed by atoms with Crippen LogP contribution in [0.3, 0.4) is 0 Å². The molecule has 1 heterocycles. The van der Waals surface area contributed by atoms with E-state index in [9.17, 15) is 23.9 Å².